The summed E-state index contributed by atoms with van der Waals surface area (Å²) < 4.78 is 3.41. The van der Waals surface area contributed by atoms with E-state index in [0.717, 1.165) is 52.4 Å². The van der Waals surface area contributed by atoms with Crippen LogP contribution in [0.5, 0.6) is 0 Å². The number of aromatic nitrogens is 7. The van der Waals surface area contributed by atoms with Crippen LogP contribution in [0.15, 0.2) is 71.9 Å². The van der Waals surface area contributed by atoms with Crippen LogP contribution in [0, 0.1) is 6.07 Å². The molecule has 0 fully saturated rings. The van der Waals surface area contributed by atoms with Gasteiger partial charge in [-0.05, 0) is 59.2 Å². The minimum absolute atomic E-state index is 0.0712. The summed E-state index contributed by atoms with van der Waals surface area (Å²) in [5, 5.41) is 12.0. The largest absolute Gasteiger partial charge is 0.340 e. The topological polar surface area (TPSA) is 94.3 Å². The number of nitrogens with zero attached hydrogens (tertiary/aromatic N) is 6. The first kappa shape index (κ1) is 19.6. The quantitative estimate of drug-likeness (QED) is 0.445. The zero-order valence-electron chi connectivity index (χ0n) is 17.3. The molecule has 3 aromatic heterocycles. The summed E-state index contributed by atoms with van der Waals surface area (Å²) in [5.74, 6) is 0.780. The molecular weight excluding hydrogens is 438 g/mol. The highest BCUT2D eigenvalue weighted by atomic mass is 35.5. The fourth-order valence-corrected chi connectivity index (χ4v) is 4.62. The van der Waals surface area contributed by atoms with Gasteiger partial charge in [-0.3, -0.25) is 4.79 Å². The molecule has 2 aromatic carbocycles. The van der Waals surface area contributed by atoms with Crippen LogP contribution in [-0.4, -0.2) is 34.7 Å². The van der Waals surface area contributed by atoms with Crippen LogP contribution in [-0.2, 0) is 6.42 Å². The molecule has 0 aliphatic carbocycles. The Hall–Kier alpha value is -4.04. The monoisotopic (exact) mass is 454 g/mol. The molecule has 1 radical (unpaired) electrons. The maximum atomic E-state index is 13.3. The van der Waals surface area contributed by atoms with Gasteiger partial charge in [0.25, 0.3) is 5.56 Å². The van der Waals surface area contributed by atoms with E-state index in [1.54, 1.807) is 16.8 Å². The second-order valence-electron chi connectivity index (χ2n) is 7.89. The number of benzene rings is 2. The lowest BCUT2D eigenvalue weighted by molar-refractivity contribution is 0.588. The van der Waals surface area contributed by atoms with Crippen molar-refractivity contribution in [3.63, 3.8) is 0 Å². The van der Waals surface area contributed by atoms with E-state index >= 15 is 0 Å². The summed E-state index contributed by atoms with van der Waals surface area (Å²) in [6.07, 6.45) is 4.93. The average molecular weight is 455 g/mol. The maximum Gasteiger partial charge on any atom is 0.251 e. The SMILES string of the molecule is O=c1cc(-c2cc(Cl)ccc2-n2cnnn2)cc2n1[C@H](c1cnc(-c3cc[c]cc3)[nH]1)CC2. The number of tetrazole rings is 1. The fourth-order valence-electron chi connectivity index (χ4n) is 4.45. The van der Waals surface area contributed by atoms with Gasteiger partial charge in [-0.1, -0.05) is 35.9 Å². The van der Waals surface area contributed by atoms with Crippen molar-refractivity contribution >= 4 is 11.6 Å². The lowest BCUT2D eigenvalue weighted by atomic mass is 10.0. The molecule has 0 bridgehead atoms. The van der Waals surface area contributed by atoms with E-state index in [4.69, 9.17) is 11.6 Å². The molecule has 4 heterocycles. The standard InChI is InChI=1S/C24H17ClN7O/c25-17-6-8-21(31-14-27-29-30-31)19(12-17)16-10-18-7-9-22(32(18)23(33)11-16)20-13-26-24(28-20)15-4-2-1-3-5-15/h2-6,8,10-14,22H,7,9H2,(H,26,28)/t22-/m0/s1. The van der Waals surface area contributed by atoms with Crippen molar-refractivity contribution in [2.75, 3.05) is 0 Å². The molecule has 0 saturated carbocycles. The van der Waals surface area contributed by atoms with Gasteiger partial charge in [-0.15, -0.1) is 5.10 Å². The van der Waals surface area contributed by atoms with E-state index in [9.17, 15) is 4.79 Å². The van der Waals surface area contributed by atoms with Gasteiger partial charge in [-0.2, -0.15) is 4.68 Å². The van der Waals surface area contributed by atoms with Gasteiger partial charge in [-0.25, -0.2) is 4.98 Å². The van der Waals surface area contributed by atoms with E-state index in [1.807, 2.05) is 53.2 Å². The number of hydrogen-bond donors (Lipinski definition) is 1. The molecule has 161 valence electrons. The van der Waals surface area contributed by atoms with Gasteiger partial charge in [0.15, 0.2) is 0 Å². The third kappa shape index (κ3) is 3.44. The van der Waals surface area contributed by atoms with Crippen molar-refractivity contribution in [2.45, 2.75) is 18.9 Å². The van der Waals surface area contributed by atoms with E-state index < -0.39 is 0 Å². The second kappa shape index (κ2) is 7.83. The molecule has 1 atom stereocenters. The van der Waals surface area contributed by atoms with Crippen molar-refractivity contribution in [1.82, 2.24) is 34.7 Å². The molecular formula is C24H17ClN7O. The van der Waals surface area contributed by atoms with Crippen molar-refractivity contribution in [2.24, 2.45) is 0 Å². The van der Waals surface area contributed by atoms with Crippen LogP contribution in [0.25, 0.3) is 28.2 Å². The number of nitrogens with one attached hydrogen (secondary N) is 1. The van der Waals surface area contributed by atoms with Gasteiger partial charge < -0.3 is 9.55 Å². The van der Waals surface area contributed by atoms with Crippen molar-refractivity contribution in [3.8, 4) is 28.2 Å². The van der Waals surface area contributed by atoms with Gasteiger partial charge >= 0.3 is 0 Å². The zero-order chi connectivity index (χ0) is 22.4. The molecule has 0 amide bonds. The summed E-state index contributed by atoms with van der Waals surface area (Å²) in [6.45, 7) is 0. The van der Waals surface area contributed by atoms with Crippen LogP contribution < -0.4 is 5.56 Å². The van der Waals surface area contributed by atoms with Crippen LogP contribution in [0.1, 0.15) is 23.9 Å². The first-order chi connectivity index (χ1) is 16.2. The Bertz CT molecular complexity index is 1510. The van der Waals surface area contributed by atoms with Gasteiger partial charge in [0, 0.05) is 27.9 Å². The van der Waals surface area contributed by atoms with Crippen LogP contribution in [0.2, 0.25) is 5.02 Å². The molecule has 6 rings (SSSR count). The number of aromatic amines is 1. The first-order valence-electron chi connectivity index (χ1n) is 10.5. The molecule has 1 aliphatic rings. The number of imidazole rings is 1. The summed E-state index contributed by atoms with van der Waals surface area (Å²) in [5.41, 5.74) is 5.13. The highest BCUT2D eigenvalue weighted by molar-refractivity contribution is 6.31. The molecule has 9 heteroatoms. The molecule has 33 heavy (non-hydrogen) atoms. The third-order valence-corrected chi connectivity index (χ3v) is 6.18. The number of rotatable bonds is 4. The Morgan fingerprint density at radius 1 is 1.09 bits per heavy atom. The number of aryl methyl sites for hydroxylation is 1. The number of H-pyrrole nitrogens is 1. The van der Waals surface area contributed by atoms with E-state index in [1.165, 1.54) is 6.33 Å². The number of fused-ring (bicyclic) bond motifs is 1. The molecule has 0 spiro atoms. The Morgan fingerprint density at radius 2 is 1.97 bits per heavy atom. The molecule has 0 unspecified atom stereocenters. The number of hydrogen-bond acceptors (Lipinski definition) is 5. The van der Waals surface area contributed by atoms with Crippen molar-refractivity contribution in [1.29, 1.82) is 0 Å². The number of halogens is 1. The van der Waals surface area contributed by atoms with Crippen LogP contribution in [0.4, 0.5) is 0 Å². The smallest absolute Gasteiger partial charge is 0.251 e. The summed E-state index contributed by atoms with van der Waals surface area (Å²) in [7, 11) is 0. The van der Waals surface area contributed by atoms with Gasteiger partial charge in [0.1, 0.15) is 12.2 Å². The average Bonchev–Trinajstić information content (AvgIpc) is 3.60. The minimum Gasteiger partial charge on any atom is -0.340 e. The van der Waals surface area contributed by atoms with Gasteiger partial charge in [0.2, 0.25) is 0 Å². The molecule has 1 aliphatic heterocycles. The summed E-state index contributed by atoms with van der Waals surface area (Å²) in [4.78, 5) is 21.2. The highest BCUT2D eigenvalue weighted by Gasteiger charge is 2.27. The van der Waals surface area contributed by atoms with Crippen LogP contribution in [0.3, 0.4) is 0 Å². The van der Waals surface area contributed by atoms with E-state index in [-0.39, 0.29) is 11.6 Å². The Kier molecular flexibility index (Phi) is 4.66. The summed E-state index contributed by atoms with van der Waals surface area (Å²) in [6, 6.07) is 19.7. The molecule has 1 N–H and O–H groups in total. The summed E-state index contributed by atoms with van der Waals surface area (Å²) >= 11 is 6.28. The molecule has 8 nitrogen and oxygen atoms in total. The van der Waals surface area contributed by atoms with Crippen LogP contribution >= 0.6 is 11.6 Å². The lowest BCUT2D eigenvalue weighted by Crippen LogP contribution is -2.23. The first-order valence-corrected chi connectivity index (χ1v) is 10.9. The second-order valence-corrected chi connectivity index (χ2v) is 8.33. The Morgan fingerprint density at radius 3 is 2.79 bits per heavy atom. The van der Waals surface area contributed by atoms with E-state index in [0.29, 0.717) is 5.02 Å². The fraction of sp³-hybridized carbons (Fsp3) is 0.125. The maximum absolute atomic E-state index is 13.3. The Labute approximate surface area is 193 Å². The van der Waals surface area contributed by atoms with Crippen molar-refractivity contribution in [3.05, 3.63) is 100.0 Å². The van der Waals surface area contributed by atoms with E-state index in [2.05, 4.69) is 31.6 Å². The predicted octanol–water partition coefficient (Wildman–Crippen LogP) is 3.87. The minimum atomic E-state index is -0.0866. The van der Waals surface area contributed by atoms with Gasteiger partial charge in [0.05, 0.1) is 23.6 Å². The molecule has 5 aromatic rings. The highest BCUT2D eigenvalue weighted by Crippen LogP contribution is 2.34. The van der Waals surface area contributed by atoms with Crippen molar-refractivity contribution < 1.29 is 0 Å². The third-order valence-electron chi connectivity index (χ3n) is 5.95. The normalized spacial score (nSPS) is 15.0. The lowest BCUT2D eigenvalue weighted by Gasteiger charge is -2.15. The number of pyridine rings is 1. The molecule has 0 saturated heterocycles. The zero-order valence-corrected chi connectivity index (χ0v) is 18.1. The Balaban J connectivity index is 1.40. The predicted molar refractivity (Wildman–Crippen MR) is 123 cm³/mol.